The van der Waals surface area contributed by atoms with Crippen LogP contribution < -0.4 is 0 Å². The van der Waals surface area contributed by atoms with Gasteiger partial charge >= 0.3 is 5.97 Å². The van der Waals surface area contributed by atoms with Gasteiger partial charge in [0, 0.05) is 6.54 Å². The number of aromatic carboxylic acids is 1. The Morgan fingerprint density at radius 3 is 2.94 bits per heavy atom. The molecule has 0 aliphatic heterocycles. The van der Waals surface area contributed by atoms with Gasteiger partial charge in [-0.1, -0.05) is 6.92 Å². The number of nitrogens with zero attached hydrogens (tertiary/aromatic N) is 2. The fraction of sp³-hybridized carbons (Fsp3) is 0.385. The van der Waals surface area contributed by atoms with Crippen LogP contribution in [0, 0.1) is 5.41 Å². The summed E-state index contributed by atoms with van der Waals surface area (Å²) in [6.07, 6.45) is 4.33. The van der Waals surface area contributed by atoms with Crippen molar-refractivity contribution in [2.24, 2.45) is 5.41 Å². The number of hydrogen-bond donors (Lipinski definition) is 1. The zero-order valence-electron chi connectivity index (χ0n) is 9.68. The molecule has 1 aromatic carbocycles. The van der Waals surface area contributed by atoms with Crippen molar-refractivity contribution in [3.8, 4) is 0 Å². The molecule has 4 heteroatoms. The highest BCUT2D eigenvalue weighted by Crippen LogP contribution is 2.46. The van der Waals surface area contributed by atoms with Gasteiger partial charge in [0.25, 0.3) is 0 Å². The van der Waals surface area contributed by atoms with Crippen LogP contribution in [0.2, 0.25) is 0 Å². The molecular formula is C13H14N2O2. The predicted octanol–water partition coefficient (Wildman–Crippen LogP) is 2.53. The molecule has 3 rings (SSSR count). The molecule has 0 atom stereocenters. The number of hydrogen-bond acceptors (Lipinski definition) is 2. The van der Waals surface area contributed by atoms with Gasteiger partial charge in [-0.05, 0) is 36.5 Å². The van der Waals surface area contributed by atoms with Crippen molar-refractivity contribution in [3.63, 3.8) is 0 Å². The molecule has 4 nitrogen and oxygen atoms in total. The molecule has 0 saturated heterocycles. The van der Waals surface area contributed by atoms with E-state index in [4.69, 9.17) is 5.11 Å². The Kier molecular flexibility index (Phi) is 2.02. The van der Waals surface area contributed by atoms with Gasteiger partial charge in [0.15, 0.2) is 0 Å². The summed E-state index contributed by atoms with van der Waals surface area (Å²) in [5.74, 6) is -0.907. The van der Waals surface area contributed by atoms with Crippen LogP contribution in [0.5, 0.6) is 0 Å². The Morgan fingerprint density at radius 2 is 2.29 bits per heavy atom. The largest absolute Gasteiger partial charge is 0.478 e. The van der Waals surface area contributed by atoms with Crippen LogP contribution in [0.4, 0.5) is 0 Å². The van der Waals surface area contributed by atoms with Gasteiger partial charge in [0.1, 0.15) is 0 Å². The average Bonchev–Trinajstić information content (AvgIpc) is 2.88. The third kappa shape index (κ3) is 1.79. The molecule has 0 unspecified atom stereocenters. The molecule has 0 bridgehead atoms. The van der Waals surface area contributed by atoms with Crippen LogP contribution in [0.3, 0.4) is 0 Å². The Morgan fingerprint density at radius 1 is 1.53 bits per heavy atom. The number of benzene rings is 1. The SMILES string of the molecule is CC1(Cn2cnc3cc(C(=O)O)ccc32)CC1. The van der Waals surface area contributed by atoms with E-state index in [1.54, 1.807) is 18.5 Å². The van der Waals surface area contributed by atoms with Gasteiger partial charge in [0.2, 0.25) is 0 Å². The maximum absolute atomic E-state index is 10.9. The number of carboxylic acids is 1. The number of carbonyl (C=O) groups is 1. The van der Waals surface area contributed by atoms with Gasteiger partial charge in [-0.2, -0.15) is 0 Å². The zero-order valence-corrected chi connectivity index (χ0v) is 9.68. The quantitative estimate of drug-likeness (QED) is 0.881. The third-order valence-electron chi connectivity index (χ3n) is 3.52. The van der Waals surface area contributed by atoms with E-state index in [2.05, 4.69) is 16.5 Å². The van der Waals surface area contributed by atoms with Crippen molar-refractivity contribution in [3.05, 3.63) is 30.1 Å². The van der Waals surface area contributed by atoms with Crippen LogP contribution in [0.1, 0.15) is 30.1 Å². The Hall–Kier alpha value is -1.84. The molecular weight excluding hydrogens is 216 g/mol. The minimum Gasteiger partial charge on any atom is -0.478 e. The second-order valence-corrected chi connectivity index (χ2v) is 5.19. The highest BCUT2D eigenvalue weighted by Gasteiger charge is 2.37. The Labute approximate surface area is 98.9 Å². The number of carboxylic acid groups (broad SMARTS) is 1. The minimum atomic E-state index is -0.907. The molecule has 1 aliphatic carbocycles. The molecule has 0 amide bonds. The van der Waals surface area contributed by atoms with Crippen molar-refractivity contribution in [2.75, 3.05) is 0 Å². The average molecular weight is 230 g/mol. The van der Waals surface area contributed by atoms with Crippen molar-refractivity contribution in [2.45, 2.75) is 26.3 Å². The summed E-state index contributed by atoms with van der Waals surface area (Å²) >= 11 is 0. The molecule has 1 saturated carbocycles. The van der Waals surface area contributed by atoms with Crippen molar-refractivity contribution >= 4 is 17.0 Å². The summed E-state index contributed by atoms with van der Waals surface area (Å²) in [6.45, 7) is 3.24. The molecule has 1 aromatic heterocycles. The second kappa shape index (κ2) is 3.32. The minimum absolute atomic E-state index is 0.292. The molecule has 1 fully saturated rings. The van der Waals surface area contributed by atoms with Gasteiger partial charge in [-0.25, -0.2) is 9.78 Å². The van der Waals surface area contributed by atoms with E-state index in [1.807, 2.05) is 6.07 Å². The predicted molar refractivity (Wildman–Crippen MR) is 64.0 cm³/mol. The maximum Gasteiger partial charge on any atom is 0.335 e. The molecule has 1 N–H and O–H groups in total. The first-order valence-electron chi connectivity index (χ1n) is 5.76. The standard InChI is InChI=1S/C13H14N2O2/c1-13(4-5-13)7-15-8-14-10-6-9(12(16)17)2-3-11(10)15/h2-3,6,8H,4-5,7H2,1H3,(H,16,17). The van der Waals surface area contributed by atoms with Crippen LogP contribution >= 0.6 is 0 Å². The van der Waals surface area contributed by atoms with Crippen LogP contribution in [0.15, 0.2) is 24.5 Å². The Balaban J connectivity index is 2.01. The number of rotatable bonds is 3. The van der Waals surface area contributed by atoms with Crippen molar-refractivity contribution < 1.29 is 9.90 Å². The van der Waals surface area contributed by atoms with E-state index in [9.17, 15) is 4.79 Å². The highest BCUT2D eigenvalue weighted by atomic mass is 16.4. The Bertz CT molecular complexity index is 596. The van der Waals surface area contributed by atoms with E-state index in [1.165, 1.54) is 12.8 Å². The summed E-state index contributed by atoms with van der Waals surface area (Å²) in [5, 5.41) is 8.91. The second-order valence-electron chi connectivity index (χ2n) is 5.19. The summed E-state index contributed by atoms with van der Waals surface area (Å²) in [7, 11) is 0. The molecule has 0 radical (unpaired) electrons. The first kappa shape index (κ1) is 10.3. The number of aromatic nitrogens is 2. The van der Waals surface area contributed by atoms with Gasteiger partial charge in [0.05, 0.1) is 22.9 Å². The van der Waals surface area contributed by atoms with Crippen LogP contribution in [-0.4, -0.2) is 20.6 Å². The molecule has 17 heavy (non-hydrogen) atoms. The number of fused-ring (bicyclic) bond motifs is 1. The fourth-order valence-electron chi connectivity index (χ4n) is 2.11. The summed E-state index contributed by atoms with van der Waals surface area (Å²) in [6, 6.07) is 5.11. The van der Waals surface area contributed by atoms with Gasteiger partial charge in [-0.15, -0.1) is 0 Å². The molecule has 1 aliphatic rings. The highest BCUT2D eigenvalue weighted by molar-refractivity contribution is 5.92. The van der Waals surface area contributed by atoms with E-state index in [-0.39, 0.29) is 0 Å². The van der Waals surface area contributed by atoms with Crippen molar-refractivity contribution in [1.29, 1.82) is 0 Å². The zero-order chi connectivity index (χ0) is 12.0. The van der Waals surface area contributed by atoms with E-state index in [0.717, 1.165) is 17.6 Å². The summed E-state index contributed by atoms with van der Waals surface area (Å²) < 4.78 is 2.12. The molecule has 88 valence electrons. The smallest absolute Gasteiger partial charge is 0.335 e. The fourth-order valence-corrected chi connectivity index (χ4v) is 2.11. The molecule has 0 spiro atoms. The van der Waals surface area contributed by atoms with E-state index < -0.39 is 5.97 Å². The monoisotopic (exact) mass is 230 g/mol. The third-order valence-corrected chi connectivity index (χ3v) is 3.52. The van der Waals surface area contributed by atoms with Crippen LogP contribution in [0.25, 0.3) is 11.0 Å². The lowest BCUT2D eigenvalue weighted by Gasteiger charge is -2.09. The summed E-state index contributed by atoms with van der Waals surface area (Å²) in [5.41, 5.74) is 2.48. The lowest BCUT2D eigenvalue weighted by Crippen LogP contribution is -2.06. The molecule has 1 heterocycles. The van der Waals surface area contributed by atoms with Crippen molar-refractivity contribution in [1.82, 2.24) is 9.55 Å². The molecule has 2 aromatic rings. The lowest BCUT2D eigenvalue weighted by molar-refractivity contribution is 0.0697. The normalized spacial score (nSPS) is 17.2. The maximum atomic E-state index is 10.9. The van der Waals surface area contributed by atoms with Gasteiger partial charge in [-0.3, -0.25) is 0 Å². The van der Waals surface area contributed by atoms with Crippen LogP contribution in [-0.2, 0) is 6.54 Å². The van der Waals surface area contributed by atoms with E-state index >= 15 is 0 Å². The number of imidazole rings is 1. The first-order valence-corrected chi connectivity index (χ1v) is 5.76. The van der Waals surface area contributed by atoms with E-state index in [0.29, 0.717) is 11.0 Å². The van der Waals surface area contributed by atoms with Gasteiger partial charge < -0.3 is 9.67 Å². The first-order chi connectivity index (χ1) is 8.07. The lowest BCUT2D eigenvalue weighted by atomic mass is 10.1. The summed E-state index contributed by atoms with van der Waals surface area (Å²) in [4.78, 5) is 15.1. The topological polar surface area (TPSA) is 55.1 Å².